The first kappa shape index (κ1) is 11.2. The molecule has 3 heterocycles. The summed E-state index contributed by atoms with van der Waals surface area (Å²) < 4.78 is 4.08. The second-order valence-electron chi connectivity index (χ2n) is 5.12. The van der Waals surface area contributed by atoms with E-state index in [2.05, 4.69) is 58.3 Å². The number of pyridine rings is 1. The molecule has 4 nitrogen and oxygen atoms in total. The number of aromatic nitrogens is 4. The zero-order valence-corrected chi connectivity index (χ0v) is 11.2. The van der Waals surface area contributed by atoms with Crippen LogP contribution in [0.2, 0.25) is 0 Å². The van der Waals surface area contributed by atoms with E-state index in [0.29, 0.717) is 0 Å². The molecule has 0 N–H and O–H groups in total. The molecular formula is C16H14N4. The summed E-state index contributed by atoms with van der Waals surface area (Å²) in [5.74, 6) is 0. The smallest absolute Gasteiger partial charge is 0.113 e. The summed E-state index contributed by atoms with van der Waals surface area (Å²) in [6, 6.07) is 14.5. The van der Waals surface area contributed by atoms with Gasteiger partial charge in [-0.25, -0.2) is 4.68 Å². The molecular weight excluding hydrogens is 248 g/mol. The molecule has 0 aliphatic rings. The Morgan fingerprint density at radius 3 is 2.95 bits per heavy atom. The molecule has 0 saturated carbocycles. The highest BCUT2D eigenvalue weighted by Crippen LogP contribution is 2.15. The van der Waals surface area contributed by atoms with Crippen molar-refractivity contribution in [3.63, 3.8) is 0 Å². The van der Waals surface area contributed by atoms with Crippen molar-refractivity contribution >= 4 is 16.6 Å². The van der Waals surface area contributed by atoms with Gasteiger partial charge in [0.15, 0.2) is 0 Å². The second kappa shape index (κ2) is 4.20. The zero-order chi connectivity index (χ0) is 13.5. The summed E-state index contributed by atoms with van der Waals surface area (Å²) in [6.07, 6.45) is 4.23. The molecule has 0 unspecified atom stereocenters. The quantitative estimate of drug-likeness (QED) is 0.556. The van der Waals surface area contributed by atoms with E-state index < -0.39 is 0 Å². The van der Waals surface area contributed by atoms with Crippen LogP contribution in [0.5, 0.6) is 0 Å². The summed E-state index contributed by atoms with van der Waals surface area (Å²) >= 11 is 0. The van der Waals surface area contributed by atoms with Gasteiger partial charge in [-0.3, -0.25) is 0 Å². The lowest BCUT2D eigenvalue weighted by Crippen LogP contribution is -2.00. The largest absolute Gasteiger partial charge is 0.324 e. The summed E-state index contributed by atoms with van der Waals surface area (Å²) in [5.41, 5.74) is 5.72. The van der Waals surface area contributed by atoms with Crippen molar-refractivity contribution in [2.75, 3.05) is 0 Å². The molecule has 1 aromatic carbocycles. The highest BCUT2D eigenvalue weighted by Gasteiger charge is 2.06. The van der Waals surface area contributed by atoms with Crippen LogP contribution in [-0.2, 0) is 6.54 Å². The van der Waals surface area contributed by atoms with Gasteiger partial charge in [0.25, 0.3) is 0 Å². The Bertz CT molecular complexity index is 901. The number of benzene rings is 1. The van der Waals surface area contributed by atoms with Gasteiger partial charge in [-0.15, -0.1) is 5.10 Å². The monoisotopic (exact) mass is 262 g/mol. The molecule has 20 heavy (non-hydrogen) atoms. The first-order valence-corrected chi connectivity index (χ1v) is 6.65. The van der Waals surface area contributed by atoms with E-state index >= 15 is 0 Å². The molecule has 0 radical (unpaired) electrons. The van der Waals surface area contributed by atoms with Crippen LogP contribution in [0.4, 0.5) is 0 Å². The fraction of sp³-hybridized carbons (Fsp3) is 0.125. The predicted molar refractivity (Wildman–Crippen MR) is 78.8 cm³/mol. The molecule has 0 bridgehead atoms. The predicted octanol–water partition coefficient (Wildman–Crippen LogP) is 3.04. The topological polar surface area (TPSA) is 35.1 Å². The molecule has 3 aromatic heterocycles. The number of fused-ring (bicyclic) bond motifs is 2. The van der Waals surface area contributed by atoms with Gasteiger partial charge in [0.2, 0.25) is 0 Å². The Morgan fingerprint density at radius 2 is 2.00 bits per heavy atom. The van der Waals surface area contributed by atoms with E-state index in [1.165, 1.54) is 16.6 Å². The Kier molecular flexibility index (Phi) is 2.36. The fourth-order valence-electron chi connectivity index (χ4n) is 2.57. The number of nitrogens with zero attached hydrogens (tertiary/aromatic N) is 4. The van der Waals surface area contributed by atoms with Crippen molar-refractivity contribution in [2.45, 2.75) is 13.5 Å². The van der Waals surface area contributed by atoms with Crippen LogP contribution in [0.25, 0.3) is 16.6 Å². The maximum absolute atomic E-state index is 4.24. The van der Waals surface area contributed by atoms with Gasteiger partial charge in [-0.2, -0.15) is 0 Å². The van der Waals surface area contributed by atoms with Gasteiger partial charge in [0.05, 0.1) is 12.1 Å². The van der Waals surface area contributed by atoms with Crippen LogP contribution in [0.15, 0.2) is 54.9 Å². The van der Waals surface area contributed by atoms with Gasteiger partial charge in [-0.1, -0.05) is 17.3 Å². The maximum Gasteiger partial charge on any atom is 0.113 e. The lowest BCUT2D eigenvalue weighted by Gasteiger charge is -1.98. The number of aryl methyl sites for hydroxylation is 1. The van der Waals surface area contributed by atoms with E-state index in [0.717, 1.165) is 17.6 Å². The first-order valence-electron chi connectivity index (χ1n) is 6.65. The van der Waals surface area contributed by atoms with Gasteiger partial charge in [0, 0.05) is 17.9 Å². The van der Waals surface area contributed by atoms with Crippen molar-refractivity contribution in [1.82, 2.24) is 19.4 Å². The van der Waals surface area contributed by atoms with Crippen molar-refractivity contribution in [2.24, 2.45) is 0 Å². The number of rotatable bonds is 2. The van der Waals surface area contributed by atoms with Crippen molar-refractivity contribution in [3.8, 4) is 0 Å². The Balaban J connectivity index is 1.76. The van der Waals surface area contributed by atoms with E-state index in [-0.39, 0.29) is 0 Å². The van der Waals surface area contributed by atoms with E-state index in [9.17, 15) is 0 Å². The molecule has 4 heteroatoms. The first-order chi connectivity index (χ1) is 9.79. The van der Waals surface area contributed by atoms with Crippen molar-refractivity contribution in [1.29, 1.82) is 0 Å². The van der Waals surface area contributed by atoms with Crippen LogP contribution in [-0.4, -0.2) is 19.4 Å². The Labute approximate surface area is 116 Å². The van der Waals surface area contributed by atoms with Crippen molar-refractivity contribution in [3.05, 3.63) is 66.0 Å². The lowest BCUT2D eigenvalue weighted by molar-refractivity contribution is 0.670. The minimum atomic E-state index is 0.737. The minimum absolute atomic E-state index is 0.737. The molecule has 0 spiro atoms. The highest BCUT2D eigenvalue weighted by molar-refractivity contribution is 5.73. The minimum Gasteiger partial charge on any atom is -0.324 e. The maximum atomic E-state index is 4.24. The van der Waals surface area contributed by atoms with Crippen LogP contribution < -0.4 is 0 Å². The molecule has 0 fully saturated rings. The standard InChI is InChI=1S/C16H14N4/c1-12-6-7-19-10-13(9-14(19)8-12)11-20-16-5-3-2-4-15(16)17-18-20/h2-10H,11H2,1H3. The van der Waals surface area contributed by atoms with Crippen molar-refractivity contribution < 1.29 is 0 Å². The number of para-hydroxylation sites is 1. The zero-order valence-electron chi connectivity index (χ0n) is 11.2. The Hall–Kier alpha value is -2.62. The molecule has 0 aliphatic carbocycles. The van der Waals surface area contributed by atoms with E-state index in [1.807, 2.05) is 22.9 Å². The summed E-state index contributed by atoms with van der Waals surface area (Å²) in [4.78, 5) is 0. The molecule has 0 atom stereocenters. The van der Waals surface area contributed by atoms with Gasteiger partial charge in [-0.05, 0) is 48.4 Å². The summed E-state index contributed by atoms with van der Waals surface area (Å²) in [5, 5.41) is 8.42. The number of hydrogen-bond acceptors (Lipinski definition) is 2. The molecule has 0 aliphatic heterocycles. The van der Waals surface area contributed by atoms with Gasteiger partial charge >= 0.3 is 0 Å². The lowest BCUT2D eigenvalue weighted by atomic mass is 10.2. The van der Waals surface area contributed by atoms with Crippen LogP contribution in [0.1, 0.15) is 11.1 Å². The summed E-state index contributed by atoms with van der Waals surface area (Å²) in [6.45, 7) is 2.85. The van der Waals surface area contributed by atoms with Crippen LogP contribution >= 0.6 is 0 Å². The normalized spacial score (nSPS) is 11.4. The molecule has 98 valence electrons. The van der Waals surface area contributed by atoms with Gasteiger partial charge in [0.1, 0.15) is 5.52 Å². The second-order valence-corrected chi connectivity index (χ2v) is 5.12. The van der Waals surface area contributed by atoms with Crippen LogP contribution in [0.3, 0.4) is 0 Å². The van der Waals surface area contributed by atoms with E-state index in [4.69, 9.17) is 0 Å². The third kappa shape index (κ3) is 1.77. The Morgan fingerprint density at radius 1 is 1.10 bits per heavy atom. The molecule has 4 rings (SSSR count). The van der Waals surface area contributed by atoms with Gasteiger partial charge < -0.3 is 4.40 Å². The van der Waals surface area contributed by atoms with Crippen LogP contribution in [0, 0.1) is 6.92 Å². The third-order valence-corrected chi connectivity index (χ3v) is 3.56. The molecule has 0 amide bonds. The molecule has 4 aromatic rings. The third-order valence-electron chi connectivity index (χ3n) is 3.56. The highest BCUT2D eigenvalue weighted by atomic mass is 15.4. The number of hydrogen-bond donors (Lipinski definition) is 0. The summed E-state index contributed by atoms with van der Waals surface area (Å²) in [7, 11) is 0. The molecule has 0 saturated heterocycles. The average molecular weight is 262 g/mol. The van der Waals surface area contributed by atoms with E-state index in [1.54, 1.807) is 0 Å². The fourth-order valence-corrected chi connectivity index (χ4v) is 2.57. The SMILES string of the molecule is Cc1ccn2cc(Cn3nnc4ccccc43)cc2c1. The average Bonchev–Trinajstić information content (AvgIpc) is 3.03.